The summed E-state index contributed by atoms with van der Waals surface area (Å²) in [5.74, 6) is 2.22. The quantitative estimate of drug-likeness (QED) is 0.619. The predicted molar refractivity (Wildman–Crippen MR) is 115 cm³/mol. The molecule has 1 heterocycles. The minimum atomic E-state index is -0.324. The van der Waals surface area contributed by atoms with Crippen molar-refractivity contribution in [2.45, 2.75) is 6.61 Å². The van der Waals surface area contributed by atoms with E-state index in [9.17, 15) is 9.59 Å². The number of anilines is 1. The van der Waals surface area contributed by atoms with Crippen LogP contribution in [0.25, 0.3) is 0 Å². The maximum Gasteiger partial charge on any atom is 0.254 e. The van der Waals surface area contributed by atoms with Gasteiger partial charge in [0.05, 0.1) is 6.54 Å². The van der Waals surface area contributed by atoms with E-state index in [0.717, 1.165) is 5.56 Å². The van der Waals surface area contributed by atoms with Gasteiger partial charge in [-0.3, -0.25) is 9.59 Å². The average Bonchev–Trinajstić information content (AvgIpc) is 2.78. The van der Waals surface area contributed by atoms with E-state index in [2.05, 4.69) is 16.2 Å². The molecular weight excluding hydrogens is 378 g/mol. The second-order valence-corrected chi connectivity index (χ2v) is 6.59. The molecule has 0 saturated carbocycles. The van der Waals surface area contributed by atoms with Crippen LogP contribution >= 0.6 is 0 Å². The lowest BCUT2D eigenvalue weighted by Crippen LogP contribution is -2.35. The van der Waals surface area contributed by atoms with Crippen LogP contribution < -0.4 is 10.1 Å². The molecule has 150 valence electrons. The first kappa shape index (κ1) is 20.6. The molecule has 0 fully saturated rings. The van der Waals surface area contributed by atoms with E-state index in [0.29, 0.717) is 29.3 Å². The van der Waals surface area contributed by atoms with Crippen molar-refractivity contribution in [2.75, 3.05) is 18.9 Å². The number of carbonyl (C=O) groups is 2. The van der Waals surface area contributed by atoms with E-state index < -0.39 is 0 Å². The van der Waals surface area contributed by atoms with Gasteiger partial charge in [-0.15, -0.1) is 6.42 Å². The maximum atomic E-state index is 12.7. The van der Waals surface area contributed by atoms with Crippen LogP contribution in [0.3, 0.4) is 0 Å². The molecule has 6 nitrogen and oxygen atoms in total. The van der Waals surface area contributed by atoms with Crippen molar-refractivity contribution in [3.63, 3.8) is 0 Å². The van der Waals surface area contributed by atoms with Crippen LogP contribution in [0.4, 0.5) is 5.69 Å². The zero-order valence-electron chi connectivity index (χ0n) is 16.5. The first-order chi connectivity index (χ1) is 14.5. The van der Waals surface area contributed by atoms with Crippen LogP contribution in [-0.4, -0.2) is 35.3 Å². The highest BCUT2D eigenvalue weighted by atomic mass is 16.5. The smallest absolute Gasteiger partial charge is 0.254 e. The summed E-state index contributed by atoms with van der Waals surface area (Å²) in [4.78, 5) is 30.5. The zero-order valence-corrected chi connectivity index (χ0v) is 16.5. The van der Waals surface area contributed by atoms with Gasteiger partial charge < -0.3 is 15.0 Å². The monoisotopic (exact) mass is 399 g/mol. The predicted octanol–water partition coefficient (Wildman–Crippen LogP) is 3.35. The number of aromatic nitrogens is 1. The number of pyridine rings is 1. The third-order valence-electron chi connectivity index (χ3n) is 4.25. The van der Waals surface area contributed by atoms with Gasteiger partial charge in [0.15, 0.2) is 0 Å². The van der Waals surface area contributed by atoms with Gasteiger partial charge in [0.2, 0.25) is 11.8 Å². The molecule has 2 amide bonds. The van der Waals surface area contributed by atoms with Crippen molar-refractivity contribution >= 4 is 17.5 Å². The highest BCUT2D eigenvalue weighted by molar-refractivity contribution is 5.99. The van der Waals surface area contributed by atoms with Gasteiger partial charge in [-0.1, -0.05) is 42.3 Å². The van der Waals surface area contributed by atoms with Gasteiger partial charge in [-0.25, -0.2) is 4.98 Å². The van der Waals surface area contributed by atoms with E-state index >= 15 is 0 Å². The molecule has 0 bridgehead atoms. The SMILES string of the molecule is C#Cc1cccc(NC(=O)CN(C)C(=O)c2ccnc(OCc3ccccc3)c2)c1. The summed E-state index contributed by atoms with van der Waals surface area (Å²) in [6.07, 6.45) is 6.88. The summed E-state index contributed by atoms with van der Waals surface area (Å²) in [7, 11) is 1.56. The van der Waals surface area contributed by atoms with Gasteiger partial charge >= 0.3 is 0 Å². The fourth-order valence-corrected chi connectivity index (χ4v) is 2.75. The second-order valence-electron chi connectivity index (χ2n) is 6.59. The van der Waals surface area contributed by atoms with Crippen LogP contribution in [0.2, 0.25) is 0 Å². The molecule has 3 aromatic rings. The van der Waals surface area contributed by atoms with Crippen molar-refractivity contribution in [1.82, 2.24) is 9.88 Å². The number of likely N-dealkylation sites (N-methyl/N-ethyl adjacent to an activating group) is 1. The normalized spacial score (nSPS) is 10.0. The van der Waals surface area contributed by atoms with Crippen LogP contribution in [-0.2, 0) is 11.4 Å². The molecule has 0 radical (unpaired) electrons. The number of rotatable bonds is 7. The van der Waals surface area contributed by atoms with Crippen molar-refractivity contribution < 1.29 is 14.3 Å². The minimum absolute atomic E-state index is 0.109. The molecule has 0 saturated heterocycles. The molecule has 1 N–H and O–H groups in total. The van der Waals surface area contributed by atoms with Gasteiger partial charge in [-0.05, 0) is 29.8 Å². The summed E-state index contributed by atoms with van der Waals surface area (Å²) in [6.45, 7) is 0.238. The van der Waals surface area contributed by atoms with Gasteiger partial charge in [0, 0.05) is 36.1 Å². The van der Waals surface area contributed by atoms with Crippen LogP contribution in [0.1, 0.15) is 21.5 Å². The van der Waals surface area contributed by atoms with Gasteiger partial charge in [0.1, 0.15) is 6.61 Å². The number of ether oxygens (including phenoxy) is 1. The van der Waals surface area contributed by atoms with Crippen molar-refractivity contribution in [3.8, 4) is 18.2 Å². The number of amides is 2. The summed E-state index contributed by atoms with van der Waals surface area (Å²) in [6, 6.07) is 19.8. The Balaban J connectivity index is 1.58. The number of nitrogens with zero attached hydrogens (tertiary/aromatic N) is 2. The molecule has 0 unspecified atom stereocenters. The summed E-state index contributed by atoms with van der Waals surface area (Å²) < 4.78 is 5.67. The third-order valence-corrected chi connectivity index (χ3v) is 4.25. The van der Waals surface area contributed by atoms with E-state index in [1.54, 1.807) is 43.4 Å². The van der Waals surface area contributed by atoms with Crippen molar-refractivity contribution in [2.24, 2.45) is 0 Å². The lowest BCUT2D eigenvalue weighted by Gasteiger charge is -2.17. The Morgan fingerprint density at radius 1 is 1.10 bits per heavy atom. The summed E-state index contributed by atoms with van der Waals surface area (Å²) >= 11 is 0. The lowest BCUT2D eigenvalue weighted by molar-refractivity contribution is -0.116. The Morgan fingerprint density at radius 3 is 2.67 bits per heavy atom. The Kier molecular flexibility index (Phi) is 6.80. The Morgan fingerprint density at radius 2 is 1.90 bits per heavy atom. The van der Waals surface area contributed by atoms with Gasteiger partial charge in [-0.2, -0.15) is 0 Å². The average molecular weight is 399 g/mol. The fourth-order valence-electron chi connectivity index (χ4n) is 2.75. The van der Waals surface area contributed by atoms with E-state index in [1.807, 2.05) is 30.3 Å². The number of hydrogen-bond acceptors (Lipinski definition) is 4. The minimum Gasteiger partial charge on any atom is -0.473 e. The molecule has 0 aliphatic carbocycles. The molecule has 0 aliphatic rings. The van der Waals surface area contributed by atoms with Crippen molar-refractivity contribution in [1.29, 1.82) is 0 Å². The van der Waals surface area contributed by atoms with Crippen LogP contribution in [0.15, 0.2) is 72.9 Å². The molecule has 6 heteroatoms. The fraction of sp³-hybridized carbons (Fsp3) is 0.125. The third kappa shape index (κ3) is 5.69. The topological polar surface area (TPSA) is 71.5 Å². The number of terminal acetylenes is 1. The summed E-state index contributed by atoms with van der Waals surface area (Å²) in [5.41, 5.74) is 2.63. The highest BCUT2D eigenvalue weighted by Crippen LogP contribution is 2.14. The lowest BCUT2D eigenvalue weighted by atomic mass is 10.2. The molecule has 1 aromatic heterocycles. The van der Waals surface area contributed by atoms with Crippen LogP contribution in [0, 0.1) is 12.3 Å². The van der Waals surface area contributed by atoms with Crippen molar-refractivity contribution in [3.05, 3.63) is 89.6 Å². The standard InChI is InChI=1S/C24H21N3O3/c1-3-18-10-7-11-21(14-18)26-22(28)16-27(2)24(29)20-12-13-25-23(15-20)30-17-19-8-5-4-6-9-19/h1,4-15H,16-17H2,2H3,(H,26,28). The largest absolute Gasteiger partial charge is 0.473 e. The first-order valence-electron chi connectivity index (χ1n) is 9.30. The zero-order chi connectivity index (χ0) is 21.3. The Labute approximate surface area is 175 Å². The Bertz CT molecular complexity index is 1070. The molecule has 30 heavy (non-hydrogen) atoms. The molecule has 3 rings (SSSR count). The summed E-state index contributed by atoms with van der Waals surface area (Å²) in [5, 5.41) is 2.74. The molecule has 0 aliphatic heterocycles. The Hall–Kier alpha value is -4.11. The number of benzene rings is 2. The number of nitrogens with one attached hydrogen (secondary N) is 1. The first-order valence-corrected chi connectivity index (χ1v) is 9.30. The highest BCUT2D eigenvalue weighted by Gasteiger charge is 2.16. The second kappa shape index (κ2) is 9.89. The van der Waals surface area contributed by atoms with Gasteiger partial charge in [0.25, 0.3) is 5.91 Å². The van der Waals surface area contributed by atoms with E-state index in [-0.39, 0.29) is 18.4 Å². The van der Waals surface area contributed by atoms with E-state index in [1.165, 1.54) is 11.1 Å². The molecule has 2 aromatic carbocycles. The molecule has 0 spiro atoms. The number of hydrogen-bond donors (Lipinski definition) is 1. The molecular formula is C24H21N3O3. The molecule has 0 atom stereocenters. The maximum absolute atomic E-state index is 12.7. The van der Waals surface area contributed by atoms with Crippen LogP contribution in [0.5, 0.6) is 5.88 Å². The number of carbonyl (C=O) groups excluding carboxylic acids is 2. The van der Waals surface area contributed by atoms with E-state index in [4.69, 9.17) is 11.2 Å².